The number of carbonyl (C=O) groups excluding carboxylic acids is 1. The predicted octanol–water partition coefficient (Wildman–Crippen LogP) is 2.40. The van der Waals surface area contributed by atoms with Crippen molar-refractivity contribution in [3.8, 4) is 11.5 Å². The highest BCUT2D eigenvalue weighted by atomic mass is 16.5. The Morgan fingerprint density at radius 3 is 2.55 bits per heavy atom. The van der Waals surface area contributed by atoms with Crippen LogP contribution in [0.3, 0.4) is 0 Å². The van der Waals surface area contributed by atoms with E-state index < -0.39 is 5.60 Å². The summed E-state index contributed by atoms with van der Waals surface area (Å²) >= 11 is 0. The fourth-order valence-corrected chi connectivity index (χ4v) is 6.30. The summed E-state index contributed by atoms with van der Waals surface area (Å²) in [6, 6.07) is 6.49. The molecule has 31 heavy (non-hydrogen) atoms. The van der Waals surface area contributed by atoms with Crippen LogP contribution in [0.4, 0.5) is 0 Å². The first-order chi connectivity index (χ1) is 15.0. The standard InChI is InChI=1S/C25H38N2O4/c1-30-21-12-11-18(16-22(21)31-2)24-20-10-6-7-13-25(20,29)14-15-27(24)17-23(28)26-19-8-4-3-5-9-19/h11-12,16,19-20,24,29H,3-10,13-15,17H2,1-2H3,(H,26,28)/p+1/t20-,24-,25-/m0/s1. The maximum Gasteiger partial charge on any atom is 0.275 e. The largest absolute Gasteiger partial charge is 0.493 e. The van der Waals surface area contributed by atoms with E-state index in [1.54, 1.807) is 14.2 Å². The maximum atomic E-state index is 13.0. The third-order valence-electron chi connectivity index (χ3n) is 7.91. The molecule has 1 aliphatic heterocycles. The number of aliphatic hydroxyl groups is 1. The Hall–Kier alpha value is -1.79. The van der Waals surface area contributed by atoms with E-state index in [-0.39, 0.29) is 17.9 Å². The second-order valence-corrected chi connectivity index (χ2v) is 9.79. The van der Waals surface area contributed by atoms with Gasteiger partial charge >= 0.3 is 0 Å². The Morgan fingerprint density at radius 2 is 1.81 bits per heavy atom. The molecule has 3 N–H and O–H groups in total. The molecule has 2 aliphatic carbocycles. The van der Waals surface area contributed by atoms with E-state index in [1.165, 1.54) is 24.2 Å². The number of methoxy groups -OCH3 is 2. The van der Waals surface area contributed by atoms with Crippen molar-refractivity contribution < 1.29 is 24.3 Å². The van der Waals surface area contributed by atoms with Gasteiger partial charge in [0.25, 0.3) is 5.91 Å². The van der Waals surface area contributed by atoms with E-state index in [2.05, 4.69) is 11.4 Å². The summed E-state index contributed by atoms with van der Waals surface area (Å²) in [4.78, 5) is 14.2. The second kappa shape index (κ2) is 9.78. The average molecular weight is 432 g/mol. The smallest absolute Gasteiger partial charge is 0.275 e. The number of nitrogens with one attached hydrogen (secondary N) is 2. The van der Waals surface area contributed by atoms with Crippen molar-refractivity contribution >= 4 is 5.91 Å². The molecule has 0 bridgehead atoms. The van der Waals surface area contributed by atoms with Gasteiger partial charge in [0.15, 0.2) is 18.0 Å². The minimum Gasteiger partial charge on any atom is -0.493 e. The first kappa shape index (κ1) is 22.4. The first-order valence-electron chi connectivity index (χ1n) is 12.1. The zero-order valence-corrected chi connectivity index (χ0v) is 19.1. The van der Waals surface area contributed by atoms with Crippen molar-refractivity contribution in [3.05, 3.63) is 23.8 Å². The molecule has 4 rings (SSSR count). The number of amides is 1. The van der Waals surface area contributed by atoms with Crippen molar-refractivity contribution in [3.63, 3.8) is 0 Å². The van der Waals surface area contributed by atoms with Crippen LogP contribution in [0.15, 0.2) is 18.2 Å². The van der Waals surface area contributed by atoms with Crippen LogP contribution < -0.4 is 19.7 Å². The molecule has 6 heteroatoms. The molecule has 2 saturated carbocycles. The van der Waals surface area contributed by atoms with Crippen LogP contribution >= 0.6 is 0 Å². The minimum atomic E-state index is -0.626. The minimum absolute atomic E-state index is 0.0796. The predicted molar refractivity (Wildman–Crippen MR) is 120 cm³/mol. The lowest BCUT2D eigenvalue weighted by atomic mass is 9.66. The molecule has 3 fully saturated rings. The van der Waals surface area contributed by atoms with E-state index in [1.807, 2.05) is 12.1 Å². The van der Waals surface area contributed by atoms with Crippen LogP contribution in [0, 0.1) is 5.92 Å². The average Bonchev–Trinajstić information content (AvgIpc) is 2.79. The Labute approximate surface area is 186 Å². The number of fused-ring (bicyclic) bond motifs is 1. The SMILES string of the molecule is COc1ccc([C@H]2[C@@H]3CCCC[C@]3(O)CC[NH+]2CC(=O)NC2CCCCC2)cc1OC. The molecule has 1 aromatic rings. The number of piperidine rings is 1. The molecular weight excluding hydrogens is 392 g/mol. The van der Waals surface area contributed by atoms with Crippen LogP contribution in [-0.2, 0) is 4.79 Å². The Kier molecular flexibility index (Phi) is 7.07. The molecular formula is C25H39N2O4+. The fourth-order valence-electron chi connectivity index (χ4n) is 6.30. The fraction of sp³-hybridized carbons (Fsp3) is 0.720. The number of likely N-dealkylation sites (tertiary alicyclic amines) is 1. The number of rotatable bonds is 6. The van der Waals surface area contributed by atoms with Gasteiger partial charge in [0, 0.05) is 23.9 Å². The second-order valence-electron chi connectivity index (χ2n) is 9.79. The third kappa shape index (κ3) is 4.85. The van der Waals surface area contributed by atoms with Gasteiger partial charge in [0.1, 0.15) is 6.04 Å². The summed E-state index contributed by atoms with van der Waals surface area (Å²) < 4.78 is 11.0. The summed E-state index contributed by atoms with van der Waals surface area (Å²) in [5.41, 5.74) is 0.502. The molecule has 0 radical (unpaired) electrons. The van der Waals surface area contributed by atoms with Crippen molar-refractivity contribution in [1.29, 1.82) is 0 Å². The van der Waals surface area contributed by atoms with E-state index in [0.29, 0.717) is 24.1 Å². The van der Waals surface area contributed by atoms with Crippen molar-refractivity contribution in [2.24, 2.45) is 5.92 Å². The van der Waals surface area contributed by atoms with Crippen molar-refractivity contribution in [1.82, 2.24) is 5.32 Å². The molecule has 0 spiro atoms. The van der Waals surface area contributed by atoms with Crippen LogP contribution in [0.5, 0.6) is 11.5 Å². The number of carbonyl (C=O) groups is 1. The van der Waals surface area contributed by atoms with Crippen molar-refractivity contribution in [2.45, 2.75) is 81.9 Å². The van der Waals surface area contributed by atoms with Gasteiger partial charge < -0.3 is 24.8 Å². The molecule has 1 aromatic carbocycles. The maximum absolute atomic E-state index is 13.0. The van der Waals surface area contributed by atoms with Gasteiger partial charge in [-0.15, -0.1) is 0 Å². The highest BCUT2D eigenvalue weighted by Gasteiger charge is 2.52. The number of benzene rings is 1. The summed E-state index contributed by atoms with van der Waals surface area (Å²) in [6.07, 6.45) is 10.8. The third-order valence-corrected chi connectivity index (χ3v) is 7.91. The Balaban J connectivity index is 1.58. The topological polar surface area (TPSA) is 72.2 Å². The molecule has 172 valence electrons. The van der Waals surface area contributed by atoms with Gasteiger partial charge in [0.2, 0.25) is 0 Å². The van der Waals surface area contributed by atoms with E-state index >= 15 is 0 Å². The van der Waals surface area contributed by atoms with Gasteiger partial charge in [-0.2, -0.15) is 0 Å². The lowest BCUT2D eigenvalue weighted by Gasteiger charge is -2.50. The van der Waals surface area contributed by atoms with Gasteiger partial charge in [-0.25, -0.2) is 0 Å². The molecule has 6 nitrogen and oxygen atoms in total. The highest BCUT2D eigenvalue weighted by Crippen LogP contribution is 2.45. The molecule has 1 unspecified atom stereocenters. The molecule has 1 amide bonds. The normalized spacial score (nSPS) is 31.5. The van der Waals surface area contributed by atoms with E-state index in [9.17, 15) is 9.90 Å². The highest BCUT2D eigenvalue weighted by molar-refractivity contribution is 5.77. The number of hydrogen-bond donors (Lipinski definition) is 3. The zero-order valence-electron chi connectivity index (χ0n) is 19.1. The van der Waals surface area contributed by atoms with E-state index in [4.69, 9.17) is 9.47 Å². The van der Waals surface area contributed by atoms with Crippen LogP contribution in [0.25, 0.3) is 0 Å². The zero-order chi connectivity index (χ0) is 21.8. The molecule has 1 heterocycles. The van der Waals surface area contributed by atoms with Crippen LogP contribution in [0.2, 0.25) is 0 Å². The molecule has 3 aliphatic rings. The number of hydrogen-bond acceptors (Lipinski definition) is 4. The molecule has 0 aromatic heterocycles. The summed E-state index contributed by atoms with van der Waals surface area (Å²) in [6.45, 7) is 1.27. The first-order valence-corrected chi connectivity index (χ1v) is 12.1. The van der Waals surface area contributed by atoms with Gasteiger partial charge in [-0.05, 0) is 43.9 Å². The Morgan fingerprint density at radius 1 is 1.06 bits per heavy atom. The number of ether oxygens (including phenoxy) is 2. The summed E-state index contributed by atoms with van der Waals surface area (Å²) in [7, 11) is 3.30. The summed E-state index contributed by atoms with van der Waals surface area (Å²) in [5, 5.41) is 14.8. The van der Waals surface area contributed by atoms with Gasteiger partial charge in [0.05, 0.1) is 26.4 Å². The number of quaternary nitrogens is 1. The molecule has 1 saturated heterocycles. The quantitative estimate of drug-likeness (QED) is 0.647. The monoisotopic (exact) mass is 431 g/mol. The van der Waals surface area contributed by atoms with Gasteiger partial charge in [-0.1, -0.05) is 32.1 Å². The van der Waals surface area contributed by atoms with E-state index in [0.717, 1.165) is 57.1 Å². The van der Waals surface area contributed by atoms with Gasteiger partial charge in [-0.3, -0.25) is 4.79 Å². The lowest BCUT2D eigenvalue weighted by Crippen LogP contribution is -3.16. The lowest BCUT2D eigenvalue weighted by molar-refractivity contribution is -0.937. The van der Waals surface area contributed by atoms with Crippen LogP contribution in [0.1, 0.15) is 75.8 Å². The summed E-state index contributed by atoms with van der Waals surface area (Å²) in [5.74, 6) is 1.72. The van der Waals surface area contributed by atoms with Crippen LogP contribution in [-0.4, -0.2) is 50.0 Å². The van der Waals surface area contributed by atoms with Crippen molar-refractivity contribution in [2.75, 3.05) is 27.3 Å². The molecule has 4 atom stereocenters. The Bertz CT molecular complexity index is 764.